The van der Waals surface area contributed by atoms with E-state index in [1.807, 2.05) is 0 Å². The van der Waals surface area contributed by atoms with E-state index in [1.54, 1.807) is 0 Å². The topological polar surface area (TPSA) is 127 Å². The van der Waals surface area contributed by atoms with Crippen molar-refractivity contribution in [2.24, 2.45) is 0 Å². The monoisotopic (exact) mass is 194 g/mol. The molecule has 0 aromatic rings. The summed E-state index contributed by atoms with van der Waals surface area (Å²) in [4.78, 5) is 10.4. The maximum atomic E-state index is 10.4. The maximum absolute atomic E-state index is 10.4. The lowest BCUT2D eigenvalue weighted by Crippen LogP contribution is -2.59. The van der Waals surface area contributed by atoms with Gasteiger partial charge in [0.2, 0.25) is 0 Å². The lowest BCUT2D eigenvalue weighted by molar-refractivity contribution is -0.279. The van der Waals surface area contributed by atoms with Crippen molar-refractivity contribution in [3.05, 3.63) is 0 Å². The highest BCUT2D eigenvalue weighted by molar-refractivity contribution is 5.73. The molecule has 1 rings (SSSR count). The van der Waals surface area contributed by atoms with Crippen molar-refractivity contribution in [2.45, 2.75) is 30.7 Å². The van der Waals surface area contributed by atoms with Crippen LogP contribution in [0.3, 0.4) is 0 Å². The number of carboxylic acids is 1. The van der Waals surface area contributed by atoms with E-state index in [0.717, 1.165) is 0 Å². The number of aliphatic hydroxyl groups is 4. The van der Waals surface area contributed by atoms with Gasteiger partial charge in [-0.05, 0) is 0 Å². The highest BCUT2D eigenvalue weighted by Crippen LogP contribution is 2.19. The molecule has 5 atom stereocenters. The zero-order valence-electron chi connectivity index (χ0n) is 6.44. The number of ether oxygens (including phenoxy) is 1. The fourth-order valence-corrected chi connectivity index (χ4v) is 1.07. The molecule has 0 spiro atoms. The summed E-state index contributed by atoms with van der Waals surface area (Å²) < 4.78 is 4.34. The Balaban J connectivity index is 2.76. The third kappa shape index (κ3) is 1.79. The summed E-state index contributed by atoms with van der Waals surface area (Å²) in [6.45, 7) is 0. The predicted molar refractivity (Wildman–Crippen MR) is 36.5 cm³/mol. The van der Waals surface area contributed by atoms with Crippen LogP contribution in [0.1, 0.15) is 0 Å². The standard InChI is InChI=1S/C6H10O7/c7-1-2(8)4(5(10)11)13-6(12)3(1)9/h1-4,6-9,12H,(H,10,11)/t1-,2-,3+,4+,6?/m1/s1. The van der Waals surface area contributed by atoms with Crippen LogP contribution in [0.2, 0.25) is 0 Å². The van der Waals surface area contributed by atoms with Gasteiger partial charge in [0.1, 0.15) is 18.3 Å². The summed E-state index contributed by atoms with van der Waals surface area (Å²) in [7, 11) is 0. The highest BCUT2D eigenvalue weighted by Gasteiger charge is 2.46. The van der Waals surface area contributed by atoms with E-state index >= 15 is 0 Å². The molecule has 1 saturated heterocycles. The van der Waals surface area contributed by atoms with E-state index in [0.29, 0.717) is 0 Å². The van der Waals surface area contributed by atoms with Gasteiger partial charge in [0.25, 0.3) is 0 Å². The molecule has 5 N–H and O–H groups in total. The summed E-state index contributed by atoms with van der Waals surface area (Å²) >= 11 is 0. The molecule has 1 fully saturated rings. The van der Waals surface area contributed by atoms with Gasteiger partial charge in [0, 0.05) is 0 Å². The highest BCUT2D eigenvalue weighted by atomic mass is 16.6. The fourth-order valence-electron chi connectivity index (χ4n) is 1.07. The van der Waals surface area contributed by atoms with Crippen molar-refractivity contribution >= 4 is 5.97 Å². The van der Waals surface area contributed by atoms with Gasteiger partial charge in [0.05, 0.1) is 0 Å². The third-order valence-electron chi connectivity index (χ3n) is 1.83. The molecule has 0 aromatic carbocycles. The van der Waals surface area contributed by atoms with Gasteiger partial charge in [-0.1, -0.05) is 0 Å². The van der Waals surface area contributed by atoms with Crippen molar-refractivity contribution < 1.29 is 35.1 Å². The Labute approximate surface area is 72.8 Å². The zero-order chi connectivity index (χ0) is 10.2. The second kappa shape index (κ2) is 3.56. The number of carbonyl (C=O) groups is 1. The van der Waals surface area contributed by atoms with Crippen molar-refractivity contribution in [3.63, 3.8) is 0 Å². The molecule has 1 aliphatic rings. The number of carboxylic acid groups (broad SMARTS) is 1. The van der Waals surface area contributed by atoms with Crippen LogP contribution < -0.4 is 0 Å². The molecular weight excluding hydrogens is 184 g/mol. The number of aliphatic carboxylic acids is 1. The minimum atomic E-state index is -1.81. The molecular formula is C6H10O7. The molecule has 13 heavy (non-hydrogen) atoms. The van der Waals surface area contributed by atoms with E-state index in [9.17, 15) is 4.79 Å². The largest absolute Gasteiger partial charge is 0.479 e. The Kier molecular flexibility index (Phi) is 2.84. The van der Waals surface area contributed by atoms with Crippen molar-refractivity contribution in [2.75, 3.05) is 0 Å². The third-order valence-corrected chi connectivity index (χ3v) is 1.83. The first-order valence-corrected chi connectivity index (χ1v) is 3.55. The molecule has 1 unspecified atom stereocenters. The molecule has 0 amide bonds. The van der Waals surface area contributed by atoms with Crippen molar-refractivity contribution in [3.8, 4) is 0 Å². The summed E-state index contributed by atoms with van der Waals surface area (Å²) in [5.41, 5.74) is 0. The van der Waals surface area contributed by atoms with E-state index in [4.69, 9.17) is 25.5 Å². The summed E-state index contributed by atoms with van der Waals surface area (Å²) in [6, 6.07) is 0. The first-order valence-electron chi connectivity index (χ1n) is 3.55. The second-order valence-electron chi connectivity index (χ2n) is 2.76. The Morgan fingerprint density at radius 2 is 1.54 bits per heavy atom. The SMILES string of the molecule is O=C(O)[C@H]1OC(O)[C@@H](O)[C@H](O)[C@H]1O. The summed E-state index contributed by atoms with van der Waals surface area (Å²) in [6.07, 6.45) is -8.72. The molecule has 0 aliphatic carbocycles. The average Bonchev–Trinajstić information content (AvgIpc) is 2.07. The minimum absolute atomic E-state index is 1.52. The second-order valence-corrected chi connectivity index (χ2v) is 2.76. The molecule has 7 heteroatoms. The molecule has 0 bridgehead atoms. The van der Waals surface area contributed by atoms with Crippen LogP contribution in [0.4, 0.5) is 0 Å². The number of rotatable bonds is 1. The molecule has 1 aliphatic heterocycles. The van der Waals surface area contributed by atoms with Gasteiger partial charge in [0.15, 0.2) is 12.4 Å². The summed E-state index contributed by atoms with van der Waals surface area (Å²) in [5, 5.41) is 44.4. The Bertz CT molecular complexity index is 205. The maximum Gasteiger partial charge on any atom is 0.335 e. The predicted octanol–water partition coefficient (Wildman–Crippen LogP) is -3.13. The van der Waals surface area contributed by atoms with Crippen LogP contribution in [0, 0.1) is 0 Å². The average molecular weight is 194 g/mol. The minimum Gasteiger partial charge on any atom is -0.479 e. The van der Waals surface area contributed by atoms with Crippen LogP contribution in [0.5, 0.6) is 0 Å². The molecule has 7 nitrogen and oxygen atoms in total. The van der Waals surface area contributed by atoms with E-state index in [2.05, 4.69) is 4.74 Å². The Hall–Kier alpha value is -0.730. The van der Waals surface area contributed by atoms with Gasteiger partial charge in [-0.2, -0.15) is 0 Å². The number of aliphatic hydroxyl groups excluding tert-OH is 4. The van der Waals surface area contributed by atoms with Crippen LogP contribution in [0.25, 0.3) is 0 Å². The lowest BCUT2D eigenvalue weighted by Gasteiger charge is -2.36. The number of hydrogen-bond acceptors (Lipinski definition) is 6. The van der Waals surface area contributed by atoms with E-state index < -0.39 is 36.7 Å². The normalized spacial score (nSPS) is 46.0. The van der Waals surface area contributed by atoms with Crippen LogP contribution >= 0.6 is 0 Å². The zero-order valence-corrected chi connectivity index (χ0v) is 6.44. The number of hydrogen-bond donors (Lipinski definition) is 5. The van der Waals surface area contributed by atoms with Crippen LogP contribution in [-0.2, 0) is 9.53 Å². The quantitative estimate of drug-likeness (QED) is 0.298. The fraction of sp³-hybridized carbons (Fsp3) is 0.833. The smallest absolute Gasteiger partial charge is 0.335 e. The molecule has 0 radical (unpaired) electrons. The van der Waals surface area contributed by atoms with E-state index in [-0.39, 0.29) is 0 Å². The van der Waals surface area contributed by atoms with Crippen LogP contribution in [0.15, 0.2) is 0 Å². The van der Waals surface area contributed by atoms with E-state index in [1.165, 1.54) is 0 Å². The van der Waals surface area contributed by atoms with Gasteiger partial charge in [-0.15, -0.1) is 0 Å². The molecule has 0 saturated carbocycles. The Morgan fingerprint density at radius 1 is 1.00 bits per heavy atom. The van der Waals surface area contributed by atoms with Gasteiger partial charge < -0.3 is 30.3 Å². The lowest BCUT2D eigenvalue weighted by atomic mass is 9.99. The molecule has 0 aromatic heterocycles. The van der Waals surface area contributed by atoms with Gasteiger partial charge >= 0.3 is 5.97 Å². The summed E-state index contributed by atoms with van der Waals surface area (Å²) in [5.74, 6) is -1.52. The first kappa shape index (κ1) is 10.4. The van der Waals surface area contributed by atoms with Crippen molar-refractivity contribution in [1.82, 2.24) is 0 Å². The van der Waals surface area contributed by atoms with Gasteiger partial charge in [-0.3, -0.25) is 0 Å². The molecule has 76 valence electrons. The molecule has 1 heterocycles. The Morgan fingerprint density at radius 3 is 2.00 bits per heavy atom. The van der Waals surface area contributed by atoms with Crippen molar-refractivity contribution in [1.29, 1.82) is 0 Å². The van der Waals surface area contributed by atoms with Crippen LogP contribution in [-0.4, -0.2) is 62.2 Å². The van der Waals surface area contributed by atoms with Gasteiger partial charge in [-0.25, -0.2) is 4.79 Å². The first-order chi connectivity index (χ1) is 5.95.